The van der Waals surface area contributed by atoms with Crippen LogP contribution in [0.5, 0.6) is 0 Å². The van der Waals surface area contributed by atoms with E-state index < -0.39 is 0 Å². The van der Waals surface area contributed by atoms with E-state index in [2.05, 4.69) is 6.92 Å². The summed E-state index contributed by atoms with van der Waals surface area (Å²) in [6.07, 6.45) is 3.58. The molecule has 41 valence electrons. The summed E-state index contributed by atoms with van der Waals surface area (Å²) < 4.78 is 4.72. The van der Waals surface area contributed by atoms with Crippen LogP contribution in [-0.2, 0) is 4.65 Å². The van der Waals surface area contributed by atoms with Gasteiger partial charge in [-0.3, -0.25) is 0 Å². The number of rotatable bonds is 4. The molecule has 0 amide bonds. The molecule has 7 heavy (non-hydrogen) atoms. The highest BCUT2D eigenvalue weighted by atomic mass is 16.4. The van der Waals surface area contributed by atoms with Crippen molar-refractivity contribution in [2.45, 2.75) is 26.1 Å². The first kappa shape index (κ1) is 7.02. The van der Waals surface area contributed by atoms with Crippen molar-refractivity contribution in [1.29, 1.82) is 0 Å². The molecule has 0 heterocycles. The molecule has 0 aromatic carbocycles. The average Bonchev–Trinajstić information content (AvgIpc) is 1.69. The SMILES string of the molecule is CCCC[B]OC. The Morgan fingerprint density at radius 1 is 1.57 bits per heavy atom. The van der Waals surface area contributed by atoms with E-state index in [1.54, 1.807) is 7.11 Å². The van der Waals surface area contributed by atoms with E-state index >= 15 is 0 Å². The molecule has 0 rings (SSSR count). The van der Waals surface area contributed by atoms with Crippen LogP contribution in [0.1, 0.15) is 19.8 Å². The molecule has 0 aliphatic heterocycles. The van der Waals surface area contributed by atoms with Gasteiger partial charge in [0.1, 0.15) is 0 Å². The van der Waals surface area contributed by atoms with Gasteiger partial charge in [0, 0.05) is 7.11 Å². The lowest BCUT2D eigenvalue weighted by molar-refractivity contribution is 0.439. The first-order valence-corrected chi connectivity index (χ1v) is 2.76. The third-order valence-corrected chi connectivity index (χ3v) is 0.842. The van der Waals surface area contributed by atoms with Gasteiger partial charge in [0.2, 0.25) is 0 Å². The summed E-state index contributed by atoms with van der Waals surface area (Å²) in [5, 5.41) is 0. The average molecular weight is 99.0 g/mol. The summed E-state index contributed by atoms with van der Waals surface area (Å²) in [6.45, 7) is 2.17. The van der Waals surface area contributed by atoms with E-state index in [9.17, 15) is 0 Å². The standard InChI is InChI=1S/C5H12BO/c1-3-4-5-6-7-2/h3-5H2,1-2H3. The van der Waals surface area contributed by atoms with Crippen LogP contribution in [0.3, 0.4) is 0 Å². The minimum atomic E-state index is 1.09. The van der Waals surface area contributed by atoms with Gasteiger partial charge in [0.05, 0.1) is 0 Å². The molecule has 0 atom stereocenters. The van der Waals surface area contributed by atoms with Crippen LogP contribution in [-0.4, -0.2) is 14.6 Å². The molecule has 0 bridgehead atoms. The van der Waals surface area contributed by atoms with Crippen LogP contribution in [0.2, 0.25) is 6.32 Å². The monoisotopic (exact) mass is 99.1 g/mol. The van der Waals surface area contributed by atoms with Gasteiger partial charge < -0.3 is 4.65 Å². The zero-order chi connectivity index (χ0) is 5.54. The highest BCUT2D eigenvalue weighted by Gasteiger charge is 1.84. The second-order valence-electron chi connectivity index (χ2n) is 1.54. The maximum Gasteiger partial charge on any atom is 0.291 e. The van der Waals surface area contributed by atoms with Gasteiger partial charge in [-0.2, -0.15) is 0 Å². The fourth-order valence-electron chi connectivity index (χ4n) is 0.405. The lowest BCUT2D eigenvalue weighted by atomic mass is 9.92. The van der Waals surface area contributed by atoms with Crippen LogP contribution >= 0.6 is 0 Å². The largest absolute Gasteiger partial charge is 0.443 e. The topological polar surface area (TPSA) is 9.23 Å². The molecule has 0 aromatic heterocycles. The molecule has 0 aliphatic carbocycles. The molecule has 0 aromatic rings. The Balaban J connectivity index is 2.45. The normalized spacial score (nSPS) is 8.86. The Hall–Kier alpha value is 0.0249. The van der Waals surface area contributed by atoms with Crippen LogP contribution in [0.4, 0.5) is 0 Å². The molecule has 0 spiro atoms. The van der Waals surface area contributed by atoms with Crippen LogP contribution in [0.25, 0.3) is 0 Å². The zero-order valence-electron chi connectivity index (χ0n) is 5.11. The van der Waals surface area contributed by atoms with Gasteiger partial charge in [0.25, 0.3) is 7.48 Å². The summed E-state index contributed by atoms with van der Waals surface area (Å²) in [5.41, 5.74) is 0. The molecule has 0 N–H and O–H groups in total. The van der Waals surface area contributed by atoms with E-state index in [4.69, 9.17) is 4.65 Å². The fourth-order valence-corrected chi connectivity index (χ4v) is 0.405. The molecular formula is C5H12BO. The van der Waals surface area contributed by atoms with Crippen molar-refractivity contribution in [2.75, 3.05) is 7.11 Å². The van der Waals surface area contributed by atoms with Gasteiger partial charge >= 0.3 is 0 Å². The quantitative estimate of drug-likeness (QED) is 0.383. The fraction of sp³-hybridized carbons (Fsp3) is 1.00. The van der Waals surface area contributed by atoms with E-state index in [-0.39, 0.29) is 0 Å². The number of hydrogen-bond donors (Lipinski definition) is 0. The zero-order valence-corrected chi connectivity index (χ0v) is 5.11. The van der Waals surface area contributed by atoms with Crippen LogP contribution in [0, 0.1) is 0 Å². The first-order valence-electron chi connectivity index (χ1n) is 2.76. The summed E-state index contributed by atoms with van der Waals surface area (Å²) in [4.78, 5) is 0. The van der Waals surface area contributed by atoms with Crippen molar-refractivity contribution in [3.05, 3.63) is 0 Å². The molecule has 0 saturated heterocycles. The summed E-state index contributed by atoms with van der Waals surface area (Å²) in [6, 6.07) is 0. The number of hydrogen-bond acceptors (Lipinski definition) is 1. The van der Waals surface area contributed by atoms with Gasteiger partial charge in [-0.15, -0.1) is 0 Å². The lowest BCUT2D eigenvalue weighted by Gasteiger charge is -1.89. The molecule has 0 fully saturated rings. The smallest absolute Gasteiger partial charge is 0.291 e. The summed E-state index contributed by atoms with van der Waals surface area (Å²) >= 11 is 0. The van der Waals surface area contributed by atoms with Crippen molar-refractivity contribution in [1.82, 2.24) is 0 Å². The van der Waals surface area contributed by atoms with Crippen molar-refractivity contribution >= 4 is 7.48 Å². The van der Waals surface area contributed by atoms with E-state index in [1.165, 1.54) is 12.8 Å². The minimum Gasteiger partial charge on any atom is -0.443 e. The maximum absolute atomic E-state index is 4.72. The van der Waals surface area contributed by atoms with Crippen molar-refractivity contribution in [3.8, 4) is 0 Å². The highest BCUT2D eigenvalue weighted by Crippen LogP contribution is 1.91. The molecular weight excluding hydrogens is 86.9 g/mol. The lowest BCUT2D eigenvalue weighted by Crippen LogP contribution is -1.90. The maximum atomic E-state index is 4.72. The van der Waals surface area contributed by atoms with Gasteiger partial charge in [-0.05, 0) is 0 Å². The molecule has 0 unspecified atom stereocenters. The number of unbranched alkanes of at least 4 members (excludes halogenated alkanes) is 1. The van der Waals surface area contributed by atoms with Crippen molar-refractivity contribution in [2.24, 2.45) is 0 Å². The van der Waals surface area contributed by atoms with Gasteiger partial charge in [-0.25, -0.2) is 0 Å². The van der Waals surface area contributed by atoms with E-state index in [0.717, 1.165) is 6.32 Å². The van der Waals surface area contributed by atoms with Gasteiger partial charge in [0.15, 0.2) is 0 Å². The molecule has 0 aliphatic rings. The summed E-state index contributed by atoms with van der Waals surface area (Å²) in [5.74, 6) is 0. The van der Waals surface area contributed by atoms with E-state index in [1.807, 2.05) is 7.48 Å². The molecule has 1 radical (unpaired) electrons. The second-order valence-corrected chi connectivity index (χ2v) is 1.54. The predicted octanol–water partition coefficient (Wildman–Crippen LogP) is 1.47. The Bertz CT molecular complexity index is 27.3. The predicted molar refractivity (Wildman–Crippen MR) is 32.5 cm³/mol. The third kappa shape index (κ3) is 6.02. The third-order valence-electron chi connectivity index (χ3n) is 0.842. The summed E-state index contributed by atoms with van der Waals surface area (Å²) in [7, 11) is 3.53. The van der Waals surface area contributed by atoms with Crippen molar-refractivity contribution in [3.63, 3.8) is 0 Å². The first-order chi connectivity index (χ1) is 3.41. The molecule has 0 saturated carbocycles. The van der Waals surface area contributed by atoms with Crippen LogP contribution in [0.15, 0.2) is 0 Å². The van der Waals surface area contributed by atoms with E-state index in [0.29, 0.717) is 0 Å². The Kier molecular flexibility index (Phi) is 6.05. The highest BCUT2D eigenvalue weighted by molar-refractivity contribution is 6.26. The Morgan fingerprint density at radius 3 is 2.71 bits per heavy atom. The van der Waals surface area contributed by atoms with Crippen molar-refractivity contribution < 1.29 is 4.65 Å². The minimum absolute atomic E-state index is 1.09. The van der Waals surface area contributed by atoms with Gasteiger partial charge in [-0.1, -0.05) is 26.1 Å². The molecule has 2 heteroatoms. The van der Waals surface area contributed by atoms with Crippen LogP contribution < -0.4 is 0 Å². The Labute approximate surface area is 46.3 Å². The second kappa shape index (κ2) is 6.02. The molecule has 1 nitrogen and oxygen atoms in total. The Morgan fingerprint density at radius 2 is 2.29 bits per heavy atom.